The topological polar surface area (TPSA) is 38.3 Å². The summed E-state index contributed by atoms with van der Waals surface area (Å²) in [7, 11) is 0. The molecule has 1 aromatic rings. The molecule has 1 saturated heterocycles. The van der Waals surface area contributed by atoms with Crippen LogP contribution >= 0.6 is 0 Å². The van der Waals surface area contributed by atoms with Crippen LogP contribution in [0.15, 0.2) is 42.1 Å². The molecule has 0 amide bonds. The third-order valence-corrected chi connectivity index (χ3v) is 2.05. The fraction of sp³-hybridized carbons (Fsp3) is 0.182. The summed E-state index contributed by atoms with van der Waals surface area (Å²) < 4.78 is 4.81. The molecule has 2 rings (SSSR count). The smallest absolute Gasteiger partial charge is 0.335 e. The molecule has 1 N–H and O–H groups in total. The van der Waals surface area contributed by atoms with Gasteiger partial charge in [0, 0.05) is 18.3 Å². The molecule has 0 bridgehead atoms. The van der Waals surface area contributed by atoms with Gasteiger partial charge in [-0.25, -0.2) is 4.79 Å². The second kappa shape index (κ2) is 3.96. The van der Waals surface area contributed by atoms with Gasteiger partial charge in [0.2, 0.25) is 0 Å². The zero-order chi connectivity index (χ0) is 9.80. The molecule has 3 nitrogen and oxygen atoms in total. The monoisotopic (exact) mass is 189 g/mol. The van der Waals surface area contributed by atoms with E-state index in [0.717, 1.165) is 5.69 Å². The molecule has 3 heteroatoms. The number of hydrogen-bond donors (Lipinski definition) is 1. The van der Waals surface area contributed by atoms with Crippen molar-refractivity contribution in [2.24, 2.45) is 0 Å². The number of benzene rings is 1. The quantitative estimate of drug-likeness (QED) is 0.570. The maximum absolute atomic E-state index is 11.1. The average Bonchev–Trinajstić information content (AvgIpc) is 2.63. The van der Waals surface area contributed by atoms with E-state index in [4.69, 9.17) is 4.74 Å². The summed E-state index contributed by atoms with van der Waals surface area (Å²) in [6.45, 7) is 0.501. The molecule has 1 aromatic carbocycles. The summed E-state index contributed by atoms with van der Waals surface area (Å²) >= 11 is 0. The second-order valence-corrected chi connectivity index (χ2v) is 3.07. The number of hydrogen-bond acceptors (Lipinski definition) is 3. The van der Waals surface area contributed by atoms with Gasteiger partial charge in [0.1, 0.15) is 0 Å². The van der Waals surface area contributed by atoms with Crippen molar-refractivity contribution >= 4 is 11.7 Å². The Morgan fingerprint density at radius 2 is 2.07 bits per heavy atom. The van der Waals surface area contributed by atoms with E-state index in [1.54, 1.807) is 6.20 Å². The maximum atomic E-state index is 11.1. The van der Waals surface area contributed by atoms with Crippen LogP contribution in [0.3, 0.4) is 0 Å². The van der Waals surface area contributed by atoms with Crippen molar-refractivity contribution in [1.29, 1.82) is 0 Å². The highest BCUT2D eigenvalue weighted by molar-refractivity contribution is 5.90. The molecule has 0 atom stereocenters. The Bertz CT molecular complexity index is 357. The van der Waals surface area contributed by atoms with Crippen LogP contribution in [0.4, 0.5) is 5.69 Å². The molecule has 0 spiro atoms. The molecule has 1 fully saturated rings. The highest BCUT2D eigenvalue weighted by Crippen LogP contribution is 2.13. The minimum atomic E-state index is -0.214. The van der Waals surface area contributed by atoms with Crippen molar-refractivity contribution in [2.75, 3.05) is 11.9 Å². The molecular formula is C11H11NO2. The number of para-hydroxylation sites is 1. The molecule has 14 heavy (non-hydrogen) atoms. The Labute approximate surface area is 82.4 Å². The Morgan fingerprint density at radius 1 is 1.29 bits per heavy atom. The largest absolute Gasteiger partial charge is 0.462 e. The van der Waals surface area contributed by atoms with Gasteiger partial charge in [0.05, 0.1) is 12.2 Å². The van der Waals surface area contributed by atoms with E-state index >= 15 is 0 Å². The molecule has 0 aliphatic carbocycles. The summed E-state index contributed by atoms with van der Waals surface area (Å²) in [4.78, 5) is 11.1. The number of ether oxygens (including phenoxy) is 1. The molecule has 1 heterocycles. The van der Waals surface area contributed by atoms with Gasteiger partial charge in [-0.2, -0.15) is 0 Å². The van der Waals surface area contributed by atoms with Gasteiger partial charge in [-0.1, -0.05) is 18.2 Å². The minimum absolute atomic E-state index is 0.214. The molecule has 0 saturated carbocycles. The van der Waals surface area contributed by atoms with Gasteiger partial charge in [-0.15, -0.1) is 0 Å². The Balaban J connectivity index is 2.03. The summed E-state index contributed by atoms with van der Waals surface area (Å²) in [5.41, 5.74) is 1.67. The number of nitrogens with one attached hydrogen (secondary N) is 1. The van der Waals surface area contributed by atoms with Crippen molar-refractivity contribution in [3.63, 3.8) is 0 Å². The molecular weight excluding hydrogens is 178 g/mol. The SMILES string of the molecule is O=C1OCC/C1=C/Nc1ccccc1. The lowest BCUT2D eigenvalue weighted by Crippen LogP contribution is -1.98. The number of carbonyl (C=O) groups excluding carboxylic acids is 1. The third-order valence-electron chi connectivity index (χ3n) is 2.05. The van der Waals surface area contributed by atoms with E-state index < -0.39 is 0 Å². The van der Waals surface area contributed by atoms with Gasteiger partial charge in [0.15, 0.2) is 0 Å². The van der Waals surface area contributed by atoms with Crippen molar-refractivity contribution in [3.05, 3.63) is 42.1 Å². The minimum Gasteiger partial charge on any atom is -0.462 e. The predicted octanol–water partition coefficient (Wildman–Crippen LogP) is 1.93. The molecule has 1 aliphatic rings. The van der Waals surface area contributed by atoms with E-state index in [1.165, 1.54) is 0 Å². The Kier molecular flexibility index (Phi) is 2.49. The summed E-state index contributed by atoms with van der Waals surface area (Å²) in [6, 6.07) is 9.71. The van der Waals surface area contributed by atoms with Crippen molar-refractivity contribution in [3.8, 4) is 0 Å². The normalized spacial score (nSPS) is 18.3. The van der Waals surface area contributed by atoms with Crippen LogP contribution in [0.25, 0.3) is 0 Å². The fourth-order valence-electron chi connectivity index (χ4n) is 1.28. The number of rotatable bonds is 2. The van der Waals surface area contributed by atoms with E-state index in [9.17, 15) is 4.79 Å². The number of anilines is 1. The maximum Gasteiger partial charge on any atom is 0.335 e. The molecule has 0 unspecified atom stereocenters. The van der Waals surface area contributed by atoms with Crippen molar-refractivity contribution in [1.82, 2.24) is 0 Å². The summed E-state index contributed by atoms with van der Waals surface area (Å²) in [5.74, 6) is -0.214. The highest BCUT2D eigenvalue weighted by Gasteiger charge is 2.17. The zero-order valence-corrected chi connectivity index (χ0v) is 7.69. The molecule has 0 radical (unpaired) electrons. The first kappa shape index (κ1) is 8.81. The highest BCUT2D eigenvalue weighted by atomic mass is 16.5. The lowest BCUT2D eigenvalue weighted by atomic mass is 10.2. The van der Waals surface area contributed by atoms with Crippen LogP contribution in [-0.4, -0.2) is 12.6 Å². The van der Waals surface area contributed by atoms with Crippen LogP contribution in [0.1, 0.15) is 6.42 Å². The van der Waals surface area contributed by atoms with E-state index in [2.05, 4.69) is 5.32 Å². The number of cyclic esters (lactones) is 1. The van der Waals surface area contributed by atoms with Crippen molar-refractivity contribution < 1.29 is 9.53 Å². The van der Waals surface area contributed by atoms with Gasteiger partial charge >= 0.3 is 5.97 Å². The fourth-order valence-corrected chi connectivity index (χ4v) is 1.28. The first-order valence-corrected chi connectivity index (χ1v) is 4.54. The van der Waals surface area contributed by atoms with Crippen LogP contribution in [0, 0.1) is 0 Å². The first-order valence-electron chi connectivity index (χ1n) is 4.54. The van der Waals surface area contributed by atoms with Crippen molar-refractivity contribution in [2.45, 2.75) is 6.42 Å². The molecule has 72 valence electrons. The van der Waals surface area contributed by atoms with E-state index in [0.29, 0.717) is 18.6 Å². The van der Waals surface area contributed by atoms with Gasteiger partial charge in [-0.05, 0) is 12.1 Å². The van der Waals surface area contributed by atoms with Crippen LogP contribution in [0.5, 0.6) is 0 Å². The van der Waals surface area contributed by atoms with Gasteiger partial charge in [0.25, 0.3) is 0 Å². The molecule has 0 aromatic heterocycles. The lowest BCUT2D eigenvalue weighted by Gasteiger charge is -1.99. The zero-order valence-electron chi connectivity index (χ0n) is 7.69. The predicted molar refractivity (Wildman–Crippen MR) is 53.7 cm³/mol. The van der Waals surface area contributed by atoms with Gasteiger partial charge < -0.3 is 10.1 Å². The van der Waals surface area contributed by atoms with Gasteiger partial charge in [-0.3, -0.25) is 0 Å². The first-order chi connectivity index (χ1) is 6.86. The third kappa shape index (κ3) is 1.93. The van der Waals surface area contributed by atoms with Crippen LogP contribution < -0.4 is 5.32 Å². The summed E-state index contributed by atoms with van der Waals surface area (Å²) in [5, 5.41) is 3.05. The average molecular weight is 189 g/mol. The Morgan fingerprint density at radius 3 is 2.71 bits per heavy atom. The Hall–Kier alpha value is -1.77. The van der Waals surface area contributed by atoms with E-state index in [1.807, 2.05) is 30.3 Å². The number of esters is 1. The second-order valence-electron chi connectivity index (χ2n) is 3.07. The number of carbonyl (C=O) groups is 1. The van der Waals surface area contributed by atoms with Crippen LogP contribution in [0.2, 0.25) is 0 Å². The molecule has 1 aliphatic heterocycles. The summed E-state index contributed by atoms with van der Waals surface area (Å²) in [6.07, 6.45) is 2.41. The van der Waals surface area contributed by atoms with E-state index in [-0.39, 0.29) is 5.97 Å². The standard InChI is InChI=1S/C11H11NO2/c13-11-9(6-7-14-11)8-12-10-4-2-1-3-5-10/h1-5,8,12H,6-7H2/b9-8-. The van der Waals surface area contributed by atoms with Crippen LogP contribution in [-0.2, 0) is 9.53 Å². The lowest BCUT2D eigenvalue weighted by molar-refractivity contribution is -0.135.